The number of nitrogens with zero attached hydrogens (tertiary/aromatic N) is 1. The highest BCUT2D eigenvalue weighted by Gasteiger charge is 2.20. The van der Waals surface area contributed by atoms with Crippen LogP contribution >= 0.6 is 0 Å². The summed E-state index contributed by atoms with van der Waals surface area (Å²) in [6.45, 7) is 0. The number of hydrogen-bond acceptors (Lipinski definition) is 5. The minimum absolute atomic E-state index is 0.126. The molecule has 24 heavy (non-hydrogen) atoms. The van der Waals surface area contributed by atoms with E-state index in [1.54, 1.807) is 24.3 Å². The van der Waals surface area contributed by atoms with Gasteiger partial charge in [0.05, 0.1) is 4.92 Å². The van der Waals surface area contributed by atoms with Crippen molar-refractivity contribution in [3.8, 4) is 0 Å². The van der Waals surface area contributed by atoms with Crippen molar-refractivity contribution in [3.63, 3.8) is 0 Å². The van der Waals surface area contributed by atoms with Gasteiger partial charge in [0.25, 0.3) is 17.5 Å². The normalized spacial score (nSPS) is 11.4. The molecule has 2 N–H and O–H groups in total. The average Bonchev–Trinajstić information content (AvgIpc) is 2.61. The third kappa shape index (κ3) is 4.14. The number of benzene rings is 2. The summed E-state index contributed by atoms with van der Waals surface area (Å²) in [6, 6.07) is 13.8. The van der Waals surface area contributed by atoms with Crippen LogP contribution in [0.4, 0.5) is 5.69 Å². The third-order valence-corrected chi connectivity index (χ3v) is 3.22. The Morgan fingerprint density at radius 3 is 2.21 bits per heavy atom. The molecule has 0 saturated heterocycles. The van der Waals surface area contributed by atoms with E-state index in [0.29, 0.717) is 5.56 Å². The second-order valence-electron chi connectivity index (χ2n) is 4.77. The SMILES string of the molecule is CO[C@@H](C(=O)NNC(=O)c1ccc([N+](=O)[O-])cc1)c1ccccc1. The van der Waals surface area contributed by atoms with Crippen molar-refractivity contribution >= 4 is 17.5 Å². The monoisotopic (exact) mass is 329 g/mol. The summed E-state index contributed by atoms with van der Waals surface area (Å²) < 4.78 is 5.14. The first-order valence-electron chi connectivity index (χ1n) is 6.95. The predicted octanol–water partition coefficient (Wildman–Crippen LogP) is 1.74. The van der Waals surface area contributed by atoms with Crippen LogP contribution in [0.2, 0.25) is 0 Å². The van der Waals surface area contributed by atoms with Crippen molar-refractivity contribution in [1.82, 2.24) is 10.9 Å². The van der Waals surface area contributed by atoms with E-state index in [2.05, 4.69) is 10.9 Å². The largest absolute Gasteiger partial charge is 0.367 e. The maximum Gasteiger partial charge on any atom is 0.272 e. The fourth-order valence-corrected chi connectivity index (χ4v) is 2.01. The van der Waals surface area contributed by atoms with E-state index in [0.717, 1.165) is 0 Å². The van der Waals surface area contributed by atoms with Crippen LogP contribution in [0, 0.1) is 10.1 Å². The van der Waals surface area contributed by atoms with Gasteiger partial charge in [-0.25, -0.2) is 0 Å². The Bertz CT molecular complexity index is 731. The van der Waals surface area contributed by atoms with Crippen LogP contribution < -0.4 is 10.9 Å². The van der Waals surface area contributed by atoms with Crippen molar-refractivity contribution in [2.75, 3.05) is 7.11 Å². The van der Waals surface area contributed by atoms with Gasteiger partial charge in [0.1, 0.15) is 0 Å². The summed E-state index contributed by atoms with van der Waals surface area (Å²) in [4.78, 5) is 34.1. The number of nitro benzene ring substituents is 1. The van der Waals surface area contributed by atoms with Crippen molar-refractivity contribution in [3.05, 3.63) is 75.8 Å². The standard InChI is InChI=1S/C16H15N3O5/c1-24-14(11-5-3-2-4-6-11)16(21)18-17-15(20)12-7-9-13(10-8-12)19(22)23/h2-10,14H,1H3,(H,17,20)(H,18,21)/t14-/m1/s1. The minimum atomic E-state index is -0.872. The Balaban J connectivity index is 1.97. The molecule has 0 aliphatic carbocycles. The summed E-state index contributed by atoms with van der Waals surface area (Å²) >= 11 is 0. The van der Waals surface area contributed by atoms with Gasteiger partial charge in [-0.05, 0) is 17.7 Å². The molecule has 0 unspecified atom stereocenters. The molecule has 0 spiro atoms. The van der Waals surface area contributed by atoms with Crippen molar-refractivity contribution in [1.29, 1.82) is 0 Å². The van der Waals surface area contributed by atoms with Crippen molar-refractivity contribution in [2.45, 2.75) is 6.10 Å². The maximum atomic E-state index is 12.1. The van der Waals surface area contributed by atoms with Gasteiger partial charge >= 0.3 is 0 Å². The molecular weight excluding hydrogens is 314 g/mol. The molecule has 8 heteroatoms. The van der Waals surface area contributed by atoms with E-state index in [-0.39, 0.29) is 11.3 Å². The number of methoxy groups -OCH3 is 1. The lowest BCUT2D eigenvalue weighted by Crippen LogP contribution is -2.44. The van der Waals surface area contributed by atoms with Gasteiger partial charge in [-0.1, -0.05) is 30.3 Å². The molecule has 0 heterocycles. The molecular formula is C16H15N3O5. The summed E-state index contributed by atoms with van der Waals surface area (Å²) in [5, 5.41) is 10.6. The molecule has 2 aromatic rings. The van der Waals surface area contributed by atoms with Gasteiger partial charge in [0.15, 0.2) is 6.10 Å². The number of ether oxygens (including phenoxy) is 1. The fraction of sp³-hybridized carbons (Fsp3) is 0.125. The number of rotatable bonds is 5. The molecule has 0 aliphatic rings. The van der Waals surface area contributed by atoms with E-state index < -0.39 is 22.8 Å². The Hall–Kier alpha value is -3.26. The summed E-state index contributed by atoms with van der Waals surface area (Å²) in [5.41, 5.74) is 5.20. The first kappa shape index (κ1) is 17.1. The quantitative estimate of drug-likeness (QED) is 0.641. The molecule has 124 valence electrons. The molecule has 2 rings (SSSR count). The molecule has 0 aromatic heterocycles. The maximum absolute atomic E-state index is 12.1. The molecule has 0 bridgehead atoms. The highest BCUT2D eigenvalue weighted by atomic mass is 16.6. The van der Waals surface area contributed by atoms with Crippen molar-refractivity contribution < 1.29 is 19.2 Å². The second kappa shape index (κ2) is 7.84. The number of hydrogen-bond donors (Lipinski definition) is 2. The van der Waals surface area contributed by atoms with Crippen LogP contribution in [-0.4, -0.2) is 23.8 Å². The van der Waals surface area contributed by atoms with E-state index in [1.165, 1.54) is 31.4 Å². The predicted molar refractivity (Wildman–Crippen MR) is 84.9 cm³/mol. The smallest absolute Gasteiger partial charge is 0.272 e. The van der Waals surface area contributed by atoms with Gasteiger partial charge in [0.2, 0.25) is 0 Å². The molecule has 0 aliphatic heterocycles. The molecule has 0 saturated carbocycles. The van der Waals surface area contributed by atoms with E-state index in [1.807, 2.05) is 6.07 Å². The number of hydrazine groups is 1. The number of carbonyl (C=O) groups is 2. The van der Waals surface area contributed by atoms with E-state index >= 15 is 0 Å². The lowest BCUT2D eigenvalue weighted by Gasteiger charge is -2.16. The highest BCUT2D eigenvalue weighted by molar-refractivity contribution is 5.96. The Morgan fingerprint density at radius 2 is 1.67 bits per heavy atom. The summed E-state index contributed by atoms with van der Waals surface area (Å²) in [6.07, 6.45) is -0.872. The van der Waals surface area contributed by atoms with Crippen LogP contribution in [0.25, 0.3) is 0 Å². The highest BCUT2D eigenvalue weighted by Crippen LogP contribution is 2.16. The van der Waals surface area contributed by atoms with Crippen LogP contribution in [0.1, 0.15) is 22.0 Å². The number of nitro groups is 1. The number of nitrogens with one attached hydrogen (secondary N) is 2. The van der Waals surface area contributed by atoms with Gasteiger partial charge in [-0.15, -0.1) is 0 Å². The number of carbonyl (C=O) groups excluding carboxylic acids is 2. The molecule has 8 nitrogen and oxygen atoms in total. The second-order valence-corrected chi connectivity index (χ2v) is 4.77. The van der Waals surface area contributed by atoms with Crippen LogP contribution in [0.5, 0.6) is 0 Å². The van der Waals surface area contributed by atoms with Gasteiger partial charge in [-0.2, -0.15) is 0 Å². The van der Waals surface area contributed by atoms with E-state index in [4.69, 9.17) is 4.74 Å². The first-order valence-corrected chi connectivity index (χ1v) is 6.95. The zero-order valence-electron chi connectivity index (χ0n) is 12.8. The topological polar surface area (TPSA) is 111 Å². The summed E-state index contributed by atoms with van der Waals surface area (Å²) in [7, 11) is 1.38. The summed E-state index contributed by atoms with van der Waals surface area (Å²) in [5.74, 6) is -1.14. The Labute approximate surface area is 137 Å². The molecule has 0 radical (unpaired) electrons. The lowest BCUT2D eigenvalue weighted by atomic mass is 10.1. The average molecular weight is 329 g/mol. The Kier molecular flexibility index (Phi) is 5.58. The third-order valence-electron chi connectivity index (χ3n) is 3.22. The number of amides is 2. The first-order chi connectivity index (χ1) is 11.5. The van der Waals surface area contributed by atoms with Gasteiger partial charge in [-0.3, -0.25) is 30.6 Å². The molecule has 2 aromatic carbocycles. The van der Waals surface area contributed by atoms with Gasteiger partial charge < -0.3 is 4.74 Å². The molecule has 0 fully saturated rings. The van der Waals surface area contributed by atoms with Crippen LogP contribution in [0.15, 0.2) is 54.6 Å². The zero-order valence-corrected chi connectivity index (χ0v) is 12.8. The Morgan fingerprint density at radius 1 is 1.04 bits per heavy atom. The fourth-order valence-electron chi connectivity index (χ4n) is 2.01. The van der Waals surface area contributed by atoms with Crippen LogP contribution in [0.3, 0.4) is 0 Å². The van der Waals surface area contributed by atoms with Crippen molar-refractivity contribution in [2.24, 2.45) is 0 Å². The van der Waals surface area contributed by atoms with E-state index in [9.17, 15) is 19.7 Å². The minimum Gasteiger partial charge on any atom is -0.367 e. The van der Waals surface area contributed by atoms with Crippen LogP contribution in [-0.2, 0) is 9.53 Å². The van der Waals surface area contributed by atoms with Gasteiger partial charge in [0, 0.05) is 24.8 Å². The number of non-ortho nitro benzene ring substituents is 1. The zero-order chi connectivity index (χ0) is 17.5. The molecule has 2 amide bonds. The lowest BCUT2D eigenvalue weighted by molar-refractivity contribution is -0.384. The molecule has 1 atom stereocenters.